The predicted molar refractivity (Wildman–Crippen MR) is 112 cm³/mol. The lowest BCUT2D eigenvalue weighted by atomic mass is 10.0. The van der Waals surface area contributed by atoms with E-state index in [2.05, 4.69) is 15.1 Å². The molecule has 0 N–H and O–H groups in total. The van der Waals surface area contributed by atoms with E-state index in [1.807, 2.05) is 20.8 Å². The maximum Gasteiger partial charge on any atom is 0.246 e. The van der Waals surface area contributed by atoms with Crippen molar-refractivity contribution in [2.45, 2.75) is 63.8 Å². The van der Waals surface area contributed by atoms with Crippen molar-refractivity contribution in [1.29, 1.82) is 0 Å². The van der Waals surface area contributed by atoms with E-state index in [1.54, 1.807) is 29.7 Å². The molecule has 1 amide bonds. The van der Waals surface area contributed by atoms with Crippen LogP contribution in [0.4, 0.5) is 5.82 Å². The average Bonchev–Trinajstić information content (AvgIpc) is 3.32. The minimum absolute atomic E-state index is 0.0415. The molecule has 0 aliphatic carbocycles. The molecule has 1 atom stereocenters. The third-order valence-corrected chi connectivity index (χ3v) is 7.99. The lowest BCUT2D eigenvalue weighted by molar-refractivity contribution is -0.118. The van der Waals surface area contributed by atoms with Crippen LogP contribution in [0.2, 0.25) is 0 Å². The van der Waals surface area contributed by atoms with Crippen molar-refractivity contribution in [3.05, 3.63) is 29.0 Å². The summed E-state index contributed by atoms with van der Waals surface area (Å²) in [6.07, 6.45) is 3.37. The molecule has 162 valence electrons. The molecule has 1 fully saturated rings. The van der Waals surface area contributed by atoms with Gasteiger partial charge in [0.05, 0.1) is 5.69 Å². The van der Waals surface area contributed by atoms with Crippen LogP contribution in [0.5, 0.6) is 0 Å². The van der Waals surface area contributed by atoms with Gasteiger partial charge in [0.25, 0.3) is 0 Å². The van der Waals surface area contributed by atoms with Crippen LogP contribution >= 0.6 is 0 Å². The van der Waals surface area contributed by atoms with Crippen LogP contribution in [0.1, 0.15) is 61.4 Å². The lowest BCUT2D eigenvalue weighted by Crippen LogP contribution is -2.33. The number of rotatable bonds is 4. The molecule has 10 heteroatoms. The standard InChI is InChI=1S/C20H28N6O3S/c1-12(2)26-11-17(14(4)23-26)30(28,29)25-9-8-15(10-25)19-21-13(3)16-6-7-18(27)24(5)20(16)22-19/h11-12,15H,6-10H2,1-5H3/t15-/m0/s1. The molecular formula is C20H28N6O3S. The number of hydrogen-bond acceptors (Lipinski definition) is 6. The molecule has 0 aromatic carbocycles. The first-order valence-corrected chi connectivity index (χ1v) is 11.7. The Morgan fingerprint density at radius 3 is 2.53 bits per heavy atom. The second-order valence-corrected chi connectivity index (χ2v) is 10.3. The maximum absolute atomic E-state index is 13.2. The second-order valence-electron chi connectivity index (χ2n) is 8.42. The van der Waals surface area contributed by atoms with E-state index in [-0.39, 0.29) is 22.8 Å². The molecule has 0 bridgehead atoms. The highest BCUT2D eigenvalue weighted by atomic mass is 32.2. The number of fused-ring (bicyclic) bond motifs is 1. The lowest BCUT2D eigenvalue weighted by Gasteiger charge is -2.26. The Labute approximate surface area is 177 Å². The van der Waals surface area contributed by atoms with Gasteiger partial charge in [-0.15, -0.1) is 0 Å². The van der Waals surface area contributed by atoms with E-state index in [0.717, 1.165) is 11.3 Å². The van der Waals surface area contributed by atoms with Crippen LogP contribution in [-0.4, -0.2) is 58.5 Å². The number of anilines is 1. The minimum atomic E-state index is -3.64. The second kappa shape index (κ2) is 7.42. The first-order valence-electron chi connectivity index (χ1n) is 10.3. The summed E-state index contributed by atoms with van der Waals surface area (Å²) >= 11 is 0. The number of aryl methyl sites for hydroxylation is 2. The van der Waals surface area contributed by atoms with Gasteiger partial charge in [-0.3, -0.25) is 14.4 Å². The van der Waals surface area contributed by atoms with Crippen molar-refractivity contribution in [2.75, 3.05) is 25.0 Å². The predicted octanol–water partition coefficient (Wildman–Crippen LogP) is 1.96. The molecule has 2 aliphatic heterocycles. The number of hydrogen-bond donors (Lipinski definition) is 0. The Morgan fingerprint density at radius 1 is 1.13 bits per heavy atom. The Kier molecular flexibility index (Phi) is 5.17. The van der Waals surface area contributed by atoms with Gasteiger partial charge in [0, 0.05) is 56.0 Å². The number of carbonyl (C=O) groups is 1. The summed E-state index contributed by atoms with van der Waals surface area (Å²) in [7, 11) is -1.91. The van der Waals surface area contributed by atoms with Gasteiger partial charge in [-0.05, 0) is 40.5 Å². The van der Waals surface area contributed by atoms with Crippen molar-refractivity contribution in [3.63, 3.8) is 0 Å². The van der Waals surface area contributed by atoms with Gasteiger partial charge in [-0.1, -0.05) is 0 Å². The summed E-state index contributed by atoms with van der Waals surface area (Å²) in [5, 5.41) is 4.35. The number of nitrogens with zero attached hydrogens (tertiary/aromatic N) is 6. The minimum Gasteiger partial charge on any atom is -0.300 e. The number of aromatic nitrogens is 4. The van der Waals surface area contributed by atoms with Crippen LogP contribution in [0, 0.1) is 13.8 Å². The monoisotopic (exact) mass is 432 g/mol. The first-order chi connectivity index (χ1) is 14.1. The van der Waals surface area contributed by atoms with Gasteiger partial charge in [-0.2, -0.15) is 9.40 Å². The molecule has 0 saturated carbocycles. The third-order valence-electron chi connectivity index (χ3n) is 6.02. The van der Waals surface area contributed by atoms with Crippen LogP contribution < -0.4 is 4.90 Å². The molecule has 0 spiro atoms. The largest absolute Gasteiger partial charge is 0.300 e. The van der Waals surface area contributed by atoms with E-state index >= 15 is 0 Å². The highest BCUT2D eigenvalue weighted by Gasteiger charge is 2.37. The Hall–Kier alpha value is -2.33. The van der Waals surface area contributed by atoms with Crippen molar-refractivity contribution in [3.8, 4) is 0 Å². The Morgan fingerprint density at radius 2 is 1.87 bits per heavy atom. The fraction of sp³-hybridized carbons (Fsp3) is 0.600. The molecule has 0 radical (unpaired) electrons. The Bertz CT molecular complexity index is 1110. The van der Waals surface area contributed by atoms with Crippen molar-refractivity contribution >= 4 is 21.7 Å². The third kappa shape index (κ3) is 3.41. The molecule has 2 aromatic heterocycles. The number of amides is 1. The zero-order valence-electron chi connectivity index (χ0n) is 18.1. The summed E-state index contributed by atoms with van der Waals surface area (Å²) in [5.41, 5.74) is 2.37. The molecule has 30 heavy (non-hydrogen) atoms. The van der Waals surface area contributed by atoms with E-state index in [1.165, 1.54) is 4.31 Å². The normalized spacial score (nSPS) is 20.3. The van der Waals surface area contributed by atoms with Crippen LogP contribution in [0.3, 0.4) is 0 Å². The van der Waals surface area contributed by atoms with Crippen LogP contribution in [0.25, 0.3) is 0 Å². The van der Waals surface area contributed by atoms with Gasteiger partial charge < -0.3 is 0 Å². The van der Waals surface area contributed by atoms with E-state index in [9.17, 15) is 13.2 Å². The summed E-state index contributed by atoms with van der Waals surface area (Å²) in [4.78, 5) is 23.3. The summed E-state index contributed by atoms with van der Waals surface area (Å²) in [5.74, 6) is 1.21. The molecule has 1 saturated heterocycles. The van der Waals surface area contributed by atoms with Gasteiger partial charge >= 0.3 is 0 Å². The molecular weight excluding hydrogens is 404 g/mol. The van der Waals surface area contributed by atoms with Crippen LogP contribution in [0.15, 0.2) is 11.1 Å². The topological polar surface area (TPSA) is 101 Å². The fourth-order valence-corrected chi connectivity index (χ4v) is 5.81. The molecule has 2 aliphatic rings. The zero-order chi connectivity index (χ0) is 21.8. The zero-order valence-corrected chi connectivity index (χ0v) is 18.9. The molecule has 4 rings (SSSR count). The molecule has 9 nitrogen and oxygen atoms in total. The van der Waals surface area contributed by atoms with E-state index < -0.39 is 10.0 Å². The number of carbonyl (C=O) groups excluding carboxylic acids is 1. The summed E-state index contributed by atoms with van der Waals surface area (Å²) in [6.45, 7) is 8.32. The van der Waals surface area contributed by atoms with Crippen molar-refractivity contribution in [2.24, 2.45) is 0 Å². The quantitative estimate of drug-likeness (QED) is 0.732. The van der Waals surface area contributed by atoms with Gasteiger partial charge in [0.15, 0.2) is 0 Å². The van der Waals surface area contributed by atoms with Gasteiger partial charge in [-0.25, -0.2) is 18.4 Å². The fourth-order valence-electron chi connectivity index (χ4n) is 4.15. The number of sulfonamides is 1. The highest BCUT2D eigenvalue weighted by molar-refractivity contribution is 7.89. The maximum atomic E-state index is 13.2. The Balaban J connectivity index is 1.61. The van der Waals surface area contributed by atoms with Gasteiger partial charge in [0.1, 0.15) is 16.5 Å². The smallest absolute Gasteiger partial charge is 0.246 e. The highest BCUT2D eigenvalue weighted by Crippen LogP contribution is 2.34. The molecule has 2 aromatic rings. The first kappa shape index (κ1) is 20.9. The average molecular weight is 433 g/mol. The summed E-state index contributed by atoms with van der Waals surface area (Å²) in [6, 6.07) is 0.0885. The summed E-state index contributed by atoms with van der Waals surface area (Å²) < 4.78 is 29.7. The van der Waals surface area contributed by atoms with Gasteiger partial charge in [0.2, 0.25) is 15.9 Å². The van der Waals surface area contributed by atoms with E-state index in [0.29, 0.717) is 49.7 Å². The van der Waals surface area contributed by atoms with Crippen LogP contribution in [-0.2, 0) is 21.2 Å². The molecule has 4 heterocycles. The van der Waals surface area contributed by atoms with Crippen molar-refractivity contribution in [1.82, 2.24) is 24.1 Å². The van der Waals surface area contributed by atoms with E-state index in [4.69, 9.17) is 0 Å². The molecule has 0 unspecified atom stereocenters. The SMILES string of the molecule is Cc1nn(C(C)C)cc1S(=O)(=O)N1CC[C@H](c2nc(C)c3c(n2)N(C)C(=O)CC3)C1. The van der Waals surface area contributed by atoms with Crippen molar-refractivity contribution < 1.29 is 13.2 Å².